The molecular weight excluding hydrogens is 288 g/mol. The van der Waals surface area contributed by atoms with Crippen molar-refractivity contribution in [3.8, 4) is 0 Å². The van der Waals surface area contributed by atoms with E-state index < -0.39 is 9.84 Å². The van der Waals surface area contributed by atoms with Crippen molar-refractivity contribution in [2.24, 2.45) is 0 Å². The van der Waals surface area contributed by atoms with Gasteiger partial charge in [-0.1, -0.05) is 17.7 Å². The molecule has 1 aromatic carbocycles. The highest BCUT2D eigenvalue weighted by Crippen LogP contribution is 2.10. The maximum atomic E-state index is 12.0. The summed E-state index contributed by atoms with van der Waals surface area (Å²) < 4.78 is 22.8. The van der Waals surface area contributed by atoms with Crippen LogP contribution in [-0.4, -0.2) is 37.9 Å². The predicted molar refractivity (Wildman–Crippen MR) is 82.9 cm³/mol. The molecule has 1 aliphatic heterocycles. The van der Waals surface area contributed by atoms with Crippen molar-refractivity contribution in [1.29, 1.82) is 0 Å². The first-order valence-corrected chi connectivity index (χ1v) is 9.08. The van der Waals surface area contributed by atoms with E-state index in [4.69, 9.17) is 0 Å². The van der Waals surface area contributed by atoms with Crippen LogP contribution in [0.2, 0.25) is 0 Å². The van der Waals surface area contributed by atoms with Crippen LogP contribution in [0.25, 0.3) is 0 Å². The molecule has 0 aliphatic carbocycles. The average Bonchev–Trinajstić information content (AvgIpc) is 2.71. The first-order valence-electron chi connectivity index (χ1n) is 7.26. The Labute approximate surface area is 126 Å². The number of rotatable bonds is 5. The van der Waals surface area contributed by atoms with Gasteiger partial charge < -0.3 is 10.6 Å². The van der Waals surface area contributed by atoms with Crippen LogP contribution >= 0.6 is 0 Å². The lowest BCUT2D eigenvalue weighted by Gasteiger charge is -2.15. The molecule has 1 saturated heterocycles. The Bertz CT molecular complexity index is 596. The van der Waals surface area contributed by atoms with Crippen molar-refractivity contribution < 1.29 is 18.5 Å². The molecular formula is C15H23N2O3S+. The minimum Gasteiger partial charge on any atom is -0.340 e. The first-order chi connectivity index (χ1) is 9.84. The van der Waals surface area contributed by atoms with Crippen molar-refractivity contribution in [3.05, 3.63) is 29.8 Å². The van der Waals surface area contributed by atoms with Crippen LogP contribution in [0.5, 0.6) is 0 Å². The molecule has 0 radical (unpaired) electrons. The summed E-state index contributed by atoms with van der Waals surface area (Å²) in [5.74, 6) is 0.469. The summed E-state index contributed by atoms with van der Waals surface area (Å²) >= 11 is 0. The fraction of sp³-hybridized carbons (Fsp3) is 0.533. The molecule has 2 rings (SSSR count). The number of amides is 1. The second-order valence-electron chi connectivity index (χ2n) is 5.95. The number of nitrogens with two attached hydrogens (primary N) is 1. The van der Waals surface area contributed by atoms with E-state index in [-0.39, 0.29) is 29.5 Å². The Kier molecular flexibility index (Phi) is 5.00. The number of carbonyl (C=O) groups excluding carboxylic acids is 1. The van der Waals surface area contributed by atoms with Crippen molar-refractivity contribution in [2.45, 2.75) is 38.8 Å². The van der Waals surface area contributed by atoms with E-state index in [9.17, 15) is 13.2 Å². The number of anilines is 1. The molecule has 2 atom stereocenters. The minimum absolute atomic E-state index is 0.0385. The summed E-state index contributed by atoms with van der Waals surface area (Å²) in [4.78, 5) is 12.0. The molecule has 116 valence electrons. The van der Waals surface area contributed by atoms with Crippen LogP contribution in [-0.2, 0) is 14.6 Å². The smallest absolute Gasteiger partial charge is 0.230 e. The maximum absolute atomic E-state index is 12.0. The Morgan fingerprint density at radius 1 is 1.38 bits per heavy atom. The number of aryl methyl sites for hydroxylation is 1. The summed E-state index contributed by atoms with van der Waals surface area (Å²) in [5, 5.41) is 4.88. The van der Waals surface area contributed by atoms with Gasteiger partial charge in [0, 0.05) is 12.1 Å². The Morgan fingerprint density at radius 3 is 2.62 bits per heavy atom. The topological polar surface area (TPSA) is 79.8 Å². The molecule has 0 bridgehead atoms. The highest BCUT2D eigenvalue weighted by Gasteiger charge is 2.31. The molecule has 6 heteroatoms. The number of quaternary nitrogens is 1. The summed E-state index contributed by atoms with van der Waals surface area (Å²) in [6.07, 6.45) is 1.07. The van der Waals surface area contributed by atoms with Crippen LogP contribution < -0.4 is 10.6 Å². The SMILES string of the molecule is Cc1ccc(NC(=O)C[C@@H](C)[NH2+][C@@H]2CCS(=O)(=O)C2)cc1. The molecule has 0 saturated carbocycles. The van der Waals surface area contributed by atoms with Crippen LogP contribution in [0.15, 0.2) is 24.3 Å². The van der Waals surface area contributed by atoms with E-state index in [0.717, 1.165) is 11.3 Å². The fourth-order valence-corrected chi connectivity index (χ4v) is 4.41. The van der Waals surface area contributed by atoms with E-state index >= 15 is 0 Å². The Morgan fingerprint density at radius 2 is 2.05 bits per heavy atom. The van der Waals surface area contributed by atoms with Crippen LogP contribution in [0, 0.1) is 6.92 Å². The molecule has 1 heterocycles. The van der Waals surface area contributed by atoms with Gasteiger partial charge in [-0.2, -0.15) is 0 Å². The number of benzene rings is 1. The molecule has 5 nitrogen and oxygen atoms in total. The number of hydrogen-bond acceptors (Lipinski definition) is 3. The van der Waals surface area contributed by atoms with Gasteiger partial charge in [0.25, 0.3) is 0 Å². The zero-order valence-electron chi connectivity index (χ0n) is 12.5. The second-order valence-corrected chi connectivity index (χ2v) is 8.18. The van der Waals surface area contributed by atoms with E-state index in [1.54, 1.807) is 0 Å². The molecule has 3 N–H and O–H groups in total. The van der Waals surface area contributed by atoms with E-state index in [1.165, 1.54) is 0 Å². The lowest BCUT2D eigenvalue weighted by atomic mass is 10.1. The summed E-state index contributed by atoms with van der Waals surface area (Å²) in [7, 11) is -2.85. The van der Waals surface area contributed by atoms with Crippen molar-refractivity contribution in [2.75, 3.05) is 16.8 Å². The van der Waals surface area contributed by atoms with Crippen molar-refractivity contribution in [1.82, 2.24) is 0 Å². The highest BCUT2D eigenvalue weighted by molar-refractivity contribution is 7.91. The first kappa shape index (κ1) is 16.0. The molecule has 0 unspecified atom stereocenters. The van der Waals surface area contributed by atoms with Gasteiger partial charge in [0.15, 0.2) is 9.84 Å². The van der Waals surface area contributed by atoms with Crippen LogP contribution in [0.3, 0.4) is 0 Å². The van der Waals surface area contributed by atoms with Crippen LogP contribution in [0.1, 0.15) is 25.3 Å². The lowest BCUT2D eigenvalue weighted by Crippen LogP contribution is -2.95. The molecule has 1 aliphatic rings. The van der Waals surface area contributed by atoms with Gasteiger partial charge >= 0.3 is 0 Å². The lowest BCUT2D eigenvalue weighted by molar-refractivity contribution is -0.712. The average molecular weight is 311 g/mol. The van der Waals surface area contributed by atoms with Gasteiger partial charge in [-0.15, -0.1) is 0 Å². The second kappa shape index (κ2) is 6.58. The highest BCUT2D eigenvalue weighted by atomic mass is 32.2. The predicted octanol–water partition coefficient (Wildman–Crippen LogP) is 0.463. The molecule has 0 aromatic heterocycles. The molecule has 0 spiro atoms. The van der Waals surface area contributed by atoms with E-state index in [2.05, 4.69) is 5.32 Å². The minimum atomic E-state index is -2.85. The van der Waals surface area contributed by atoms with Crippen LogP contribution in [0.4, 0.5) is 5.69 Å². The maximum Gasteiger partial charge on any atom is 0.230 e. The van der Waals surface area contributed by atoms with Crippen molar-refractivity contribution in [3.63, 3.8) is 0 Å². The van der Waals surface area contributed by atoms with Gasteiger partial charge in [0.2, 0.25) is 5.91 Å². The van der Waals surface area contributed by atoms with Crippen molar-refractivity contribution >= 4 is 21.4 Å². The molecule has 21 heavy (non-hydrogen) atoms. The van der Waals surface area contributed by atoms with E-state index in [1.807, 2.05) is 43.4 Å². The zero-order chi connectivity index (χ0) is 15.5. The molecule has 1 aromatic rings. The summed E-state index contributed by atoms with van der Waals surface area (Å²) in [6.45, 7) is 3.96. The molecule has 1 amide bonds. The Balaban J connectivity index is 1.78. The van der Waals surface area contributed by atoms with Gasteiger partial charge in [-0.3, -0.25) is 4.79 Å². The normalized spacial score (nSPS) is 21.9. The third-order valence-electron chi connectivity index (χ3n) is 3.71. The van der Waals surface area contributed by atoms with E-state index in [0.29, 0.717) is 12.8 Å². The summed E-state index contributed by atoms with van der Waals surface area (Å²) in [5.41, 5.74) is 1.94. The van der Waals surface area contributed by atoms with Gasteiger partial charge in [-0.05, 0) is 26.0 Å². The van der Waals surface area contributed by atoms with Gasteiger partial charge in [0.05, 0.1) is 18.2 Å². The number of hydrogen-bond donors (Lipinski definition) is 2. The standard InChI is InChI=1S/C15H22N2O3S/c1-11-3-5-13(6-4-11)17-15(18)9-12(2)16-14-7-8-21(19,20)10-14/h3-6,12,14,16H,7-10H2,1-2H3,(H,17,18)/p+1/t12-,14-/m1/s1. The Hall–Kier alpha value is -1.40. The monoisotopic (exact) mass is 311 g/mol. The number of sulfone groups is 1. The fourth-order valence-electron chi connectivity index (χ4n) is 2.65. The quantitative estimate of drug-likeness (QED) is 0.829. The van der Waals surface area contributed by atoms with Gasteiger partial charge in [-0.25, -0.2) is 8.42 Å². The van der Waals surface area contributed by atoms with Gasteiger partial charge in [0.1, 0.15) is 11.8 Å². The molecule has 1 fully saturated rings. The largest absolute Gasteiger partial charge is 0.340 e. The third kappa shape index (κ3) is 5.13. The third-order valence-corrected chi connectivity index (χ3v) is 5.50. The number of carbonyl (C=O) groups is 1. The number of nitrogens with one attached hydrogen (secondary N) is 1. The zero-order valence-corrected chi connectivity index (χ0v) is 13.3. The summed E-state index contributed by atoms with van der Waals surface area (Å²) in [6, 6.07) is 7.84.